The summed E-state index contributed by atoms with van der Waals surface area (Å²) in [6.45, 7) is 2.49. The molecule has 3 aromatic rings. The highest BCUT2D eigenvalue weighted by molar-refractivity contribution is 5.83. The summed E-state index contributed by atoms with van der Waals surface area (Å²) >= 11 is 0. The van der Waals surface area contributed by atoms with E-state index in [1.807, 2.05) is 6.92 Å². The van der Waals surface area contributed by atoms with Crippen molar-refractivity contribution in [3.05, 3.63) is 42.2 Å². The number of nitrogens with zero attached hydrogens (tertiary/aromatic N) is 2. The monoisotopic (exact) mass is 272 g/mol. The largest absolute Gasteiger partial charge is 0.504 e. The van der Waals surface area contributed by atoms with Gasteiger partial charge in [-0.25, -0.2) is 9.37 Å². The summed E-state index contributed by atoms with van der Waals surface area (Å²) in [5.74, 6) is -0.452. The van der Waals surface area contributed by atoms with E-state index < -0.39 is 5.82 Å². The Morgan fingerprint density at radius 1 is 1.15 bits per heavy atom. The third-order valence-electron chi connectivity index (χ3n) is 3.30. The Bertz CT molecular complexity index is 796. The van der Waals surface area contributed by atoms with Crippen molar-refractivity contribution < 1.29 is 14.6 Å². The molecular weight excluding hydrogens is 259 g/mol. The van der Waals surface area contributed by atoms with Crippen LogP contribution in [0.3, 0.4) is 0 Å². The number of fused-ring (bicyclic) bond motifs is 1. The van der Waals surface area contributed by atoms with E-state index in [9.17, 15) is 14.6 Å². The van der Waals surface area contributed by atoms with Crippen molar-refractivity contribution in [3.63, 3.8) is 0 Å². The van der Waals surface area contributed by atoms with Crippen LogP contribution in [0, 0.1) is 5.82 Å². The van der Waals surface area contributed by atoms with Crippen molar-refractivity contribution in [2.45, 2.75) is 13.5 Å². The number of benzene rings is 2. The van der Waals surface area contributed by atoms with Crippen molar-refractivity contribution in [3.8, 4) is 22.9 Å². The van der Waals surface area contributed by atoms with Gasteiger partial charge < -0.3 is 14.8 Å². The first kappa shape index (κ1) is 12.5. The van der Waals surface area contributed by atoms with Gasteiger partial charge in [0.1, 0.15) is 11.3 Å². The lowest BCUT2D eigenvalue weighted by Gasteiger charge is -2.08. The van der Waals surface area contributed by atoms with E-state index in [-0.39, 0.29) is 17.0 Å². The molecule has 0 bridgehead atoms. The highest BCUT2D eigenvalue weighted by Gasteiger charge is 2.17. The zero-order valence-corrected chi connectivity index (χ0v) is 10.8. The van der Waals surface area contributed by atoms with E-state index >= 15 is 0 Å². The van der Waals surface area contributed by atoms with E-state index in [0.717, 1.165) is 0 Å². The van der Waals surface area contributed by atoms with Crippen molar-refractivity contribution in [1.29, 1.82) is 0 Å². The summed E-state index contributed by atoms with van der Waals surface area (Å²) in [4.78, 5) is 4.27. The van der Waals surface area contributed by atoms with Gasteiger partial charge in [-0.2, -0.15) is 0 Å². The molecule has 5 heteroatoms. The minimum Gasteiger partial charge on any atom is -0.504 e. The van der Waals surface area contributed by atoms with Gasteiger partial charge in [-0.1, -0.05) is 12.1 Å². The predicted octanol–water partition coefficient (Wildman–Crippen LogP) is 3.27. The van der Waals surface area contributed by atoms with Crippen LogP contribution in [0.2, 0.25) is 0 Å². The summed E-state index contributed by atoms with van der Waals surface area (Å²) in [5, 5.41) is 19.6. The van der Waals surface area contributed by atoms with Gasteiger partial charge in [-0.15, -0.1) is 0 Å². The molecule has 0 amide bonds. The molecule has 0 saturated carbocycles. The fourth-order valence-electron chi connectivity index (χ4n) is 2.35. The molecule has 0 atom stereocenters. The molecule has 0 radical (unpaired) electrons. The van der Waals surface area contributed by atoms with Gasteiger partial charge in [0.05, 0.1) is 11.1 Å². The van der Waals surface area contributed by atoms with Crippen LogP contribution in [-0.2, 0) is 6.54 Å². The van der Waals surface area contributed by atoms with Crippen molar-refractivity contribution in [1.82, 2.24) is 9.55 Å². The Hall–Kier alpha value is -2.56. The number of hydrogen-bond donors (Lipinski definition) is 2. The topological polar surface area (TPSA) is 58.3 Å². The van der Waals surface area contributed by atoms with Crippen LogP contribution in [0.1, 0.15) is 6.92 Å². The molecule has 0 fully saturated rings. The average Bonchev–Trinajstić information content (AvgIpc) is 2.81. The lowest BCUT2D eigenvalue weighted by molar-refractivity contribution is 0.405. The summed E-state index contributed by atoms with van der Waals surface area (Å²) in [7, 11) is 0. The second kappa shape index (κ2) is 4.52. The van der Waals surface area contributed by atoms with Crippen LogP contribution in [-0.4, -0.2) is 19.8 Å². The number of rotatable bonds is 2. The van der Waals surface area contributed by atoms with E-state index in [0.29, 0.717) is 23.4 Å². The van der Waals surface area contributed by atoms with Crippen LogP contribution >= 0.6 is 0 Å². The number of aromatic nitrogens is 2. The maximum absolute atomic E-state index is 13.8. The van der Waals surface area contributed by atoms with E-state index in [1.54, 1.807) is 28.8 Å². The molecule has 0 spiro atoms. The minimum absolute atomic E-state index is 0.224. The molecule has 0 aliphatic carbocycles. The fraction of sp³-hybridized carbons (Fsp3) is 0.133. The summed E-state index contributed by atoms with van der Waals surface area (Å²) < 4.78 is 15.6. The Balaban J connectivity index is 2.36. The second-order valence-corrected chi connectivity index (χ2v) is 4.46. The van der Waals surface area contributed by atoms with Crippen LogP contribution in [0.25, 0.3) is 22.4 Å². The molecule has 2 N–H and O–H groups in total. The average molecular weight is 272 g/mol. The number of phenolic OH excluding ortho intramolecular Hbond substituents is 2. The first-order valence-electron chi connectivity index (χ1n) is 6.29. The molecular formula is C15H13FN2O2. The normalized spacial score (nSPS) is 11.1. The number of phenols is 2. The highest BCUT2D eigenvalue weighted by Crippen LogP contribution is 2.37. The number of halogens is 1. The quantitative estimate of drug-likeness (QED) is 0.704. The predicted molar refractivity (Wildman–Crippen MR) is 74.1 cm³/mol. The molecule has 0 aliphatic heterocycles. The molecule has 1 heterocycles. The molecule has 3 rings (SSSR count). The minimum atomic E-state index is -0.407. The molecule has 102 valence electrons. The zero-order valence-electron chi connectivity index (χ0n) is 10.8. The lowest BCUT2D eigenvalue weighted by atomic mass is 10.1. The van der Waals surface area contributed by atoms with E-state index in [4.69, 9.17) is 0 Å². The second-order valence-electron chi connectivity index (χ2n) is 4.46. The summed E-state index contributed by atoms with van der Waals surface area (Å²) in [5.41, 5.74) is 1.29. The Kier molecular flexibility index (Phi) is 2.82. The van der Waals surface area contributed by atoms with Gasteiger partial charge in [0.15, 0.2) is 17.3 Å². The smallest absolute Gasteiger partial charge is 0.168 e. The molecule has 0 saturated heterocycles. The van der Waals surface area contributed by atoms with Gasteiger partial charge in [-0.05, 0) is 31.2 Å². The third-order valence-corrected chi connectivity index (χ3v) is 3.30. The first-order chi connectivity index (χ1) is 9.63. The van der Waals surface area contributed by atoms with Gasteiger partial charge >= 0.3 is 0 Å². The highest BCUT2D eigenvalue weighted by atomic mass is 19.1. The molecule has 4 nitrogen and oxygen atoms in total. The standard InChI is InChI=1S/C15H13FN2O2/c1-2-18-11-7-4-6-10(16)13(11)17-15(18)9-5-3-8-12(19)14(9)20/h3-8,19-20H,2H2,1H3. The van der Waals surface area contributed by atoms with Crippen LogP contribution in [0.5, 0.6) is 11.5 Å². The van der Waals surface area contributed by atoms with Gasteiger partial charge in [0, 0.05) is 6.54 Å². The van der Waals surface area contributed by atoms with Gasteiger partial charge in [-0.3, -0.25) is 0 Å². The summed E-state index contributed by atoms with van der Waals surface area (Å²) in [6.07, 6.45) is 0. The van der Waals surface area contributed by atoms with Crippen molar-refractivity contribution in [2.24, 2.45) is 0 Å². The lowest BCUT2D eigenvalue weighted by Crippen LogP contribution is -1.97. The Morgan fingerprint density at radius 3 is 2.65 bits per heavy atom. The molecule has 0 aliphatic rings. The van der Waals surface area contributed by atoms with Gasteiger partial charge in [0.25, 0.3) is 0 Å². The number of aryl methyl sites for hydroxylation is 1. The van der Waals surface area contributed by atoms with Gasteiger partial charge in [0.2, 0.25) is 0 Å². The number of aromatic hydroxyl groups is 2. The fourth-order valence-corrected chi connectivity index (χ4v) is 2.35. The first-order valence-corrected chi connectivity index (χ1v) is 6.29. The maximum Gasteiger partial charge on any atom is 0.168 e. The Morgan fingerprint density at radius 2 is 1.90 bits per heavy atom. The molecule has 2 aromatic carbocycles. The van der Waals surface area contributed by atoms with E-state index in [1.165, 1.54) is 12.1 Å². The number of hydrogen-bond acceptors (Lipinski definition) is 3. The SMILES string of the molecule is CCn1c(-c2cccc(O)c2O)nc2c(F)cccc21. The molecule has 20 heavy (non-hydrogen) atoms. The number of imidazole rings is 1. The van der Waals surface area contributed by atoms with Crippen LogP contribution in [0.15, 0.2) is 36.4 Å². The van der Waals surface area contributed by atoms with E-state index in [2.05, 4.69) is 4.98 Å². The Labute approximate surface area is 114 Å². The zero-order chi connectivity index (χ0) is 14.3. The third kappa shape index (κ3) is 1.71. The van der Waals surface area contributed by atoms with Crippen LogP contribution < -0.4 is 0 Å². The van der Waals surface area contributed by atoms with Crippen molar-refractivity contribution >= 4 is 11.0 Å². The number of para-hydroxylation sites is 2. The molecule has 1 aromatic heterocycles. The van der Waals surface area contributed by atoms with Crippen LogP contribution in [0.4, 0.5) is 4.39 Å². The summed E-state index contributed by atoms with van der Waals surface area (Å²) in [6, 6.07) is 9.39. The molecule has 0 unspecified atom stereocenters. The maximum atomic E-state index is 13.8. The van der Waals surface area contributed by atoms with Crippen molar-refractivity contribution in [2.75, 3.05) is 0 Å².